The SMILES string of the molecule is CCN(CC)C(=O)C1CC1C(=O)Nc1cccc(Cl)c1Cl. The van der Waals surface area contributed by atoms with Crippen molar-refractivity contribution in [3.63, 3.8) is 0 Å². The second kappa shape index (κ2) is 6.67. The molecule has 0 saturated heterocycles. The zero-order valence-corrected chi connectivity index (χ0v) is 13.5. The van der Waals surface area contributed by atoms with Crippen molar-refractivity contribution in [3.05, 3.63) is 28.2 Å². The Hall–Kier alpha value is -1.26. The van der Waals surface area contributed by atoms with Crippen molar-refractivity contribution < 1.29 is 9.59 Å². The minimum absolute atomic E-state index is 0.0531. The minimum Gasteiger partial charge on any atom is -0.343 e. The Morgan fingerprint density at radius 2 is 1.90 bits per heavy atom. The number of nitrogens with one attached hydrogen (secondary N) is 1. The highest BCUT2D eigenvalue weighted by molar-refractivity contribution is 6.44. The molecule has 1 aromatic rings. The smallest absolute Gasteiger partial charge is 0.228 e. The molecule has 1 saturated carbocycles. The van der Waals surface area contributed by atoms with Crippen LogP contribution in [0, 0.1) is 11.8 Å². The van der Waals surface area contributed by atoms with Crippen molar-refractivity contribution in [3.8, 4) is 0 Å². The van der Waals surface area contributed by atoms with Crippen molar-refractivity contribution >= 4 is 40.7 Å². The van der Waals surface area contributed by atoms with Crippen LogP contribution in [0.25, 0.3) is 0 Å². The molecule has 1 aliphatic rings. The number of carbonyl (C=O) groups excluding carboxylic acids is 2. The number of rotatable bonds is 5. The van der Waals surface area contributed by atoms with Gasteiger partial charge in [-0.25, -0.2) is 0 Å². The second-order valence-electron chi connectivity index (χ2n) is 5.05. The highest BCUT2D eigenvalue weighted by atomic mass is 35.5. The van der Waals surface area contributed by atoms with Gasteiger partial charge in [0.05, 0.1) is 27.6 Å². The van der Waals surface area contributed by atoms with Crippen molar-refractivity contribution in [1.29, 1.82) is 0 Å². The molecular formula is C15H18Cl2N2O2. The van der Waals surface area contributed by atoms with Crippen LogP contribution in [0.2, 0.25) is 10.0 Å². The monoisotopic (exact) mass is 328 g/mol. The third kappa shape index (κ3) is 3.50. The van der Waals surface area contributed by atoms with Crippen LogP contribution in [0.15, 0.2) is 18.2 Å². The summed E-state index contributed by atoms with van der Waals surface area (Å²) >= 11 is 11.9. The van der Waals surface area contributed by atoms with Gasteiger partial charge in [0, 0.05) is 13.1 Å². The van der Waals surface area contributed by atoms with E-state index >= 15 is 0 Å². The second-order valence-corrected chi connectivity index (χ2v) is 5.84. The lowest BCUT2D eigenvalue weighted by Gasteiger charge is -2.18. The quantitative estimate of drug-likeness (QED) is 0.900. The summed E-state index contributed by atoms with van der Waals surface area (Å²) < 4.78 is 0. The van der Waals surface area contributed by atoms with Gasteiger partial charge in [0.1, 0.15) is 0 Å². The summed E-state index contributed by atoms with van der Waals surface area (Å²) in [5, 5.41) is 3.46. The van der Waals surface area contributed by atoms with Gasteiger partial charge in [0.25, 0.3) is 0 Å². The van der Waals surface area contributed by atoms with Crippen LogP contribution in [0.3, 0.4) is 0 Å². The van der Waals surface area contributed by atoms with Crippen molar-refractivity contribution in [2.24, 2.45) is 11.8 Å². The fraction of sp³-hybridized carbons (Fsp3) is 0.467. The number of hydrogen-bond donors (Lipinski definition) is 1. The first kappa shape index (κ1) is 16.1. The van der Waals surface area contributed by atoms with Gasteiger partial charge in [0.2, 0.25) is 11.8 Å². The highest BCUT2D eigenvalue weighted by Gasteiger charge is 2.49. The van der Waals surface area contributed by atoms with Gasteiger partial charge < -0.3 is 10.2 Å². The molecule has 6 heteroatoms. The Morgan fingerprint density at radius 1 is 1.24 bits per heavy atom. The number of halogens is 2. The molecule has 1 N–H and O–H groups in total. The van der Waals surface area contributed by atoms with E-state index in [-0.39, 0.29) is 23.7 Å². The zero-order chi connectivity index (χ0) is 15.6. The molecule has 0 radical (unpaired) electrons. The normalized spacial score (nSPS) is 20.0. The molecule has 2 amide bonds. The summed E-state index contributed by atoms with van der Waals surface area (Å²) in [4.78, 5) is 26.1. The van der Waals surface area contributed by atoms with E-state index < -0.39 is 0 Å². The standard InChI is InChI=1S/C15H18Cl2N2O2/c1-3-19(4-2)15(21)10-8-9(10)14(20)18-12-7-5-6-11(16)13(12)17/h5-7,9-10H,3-4,8H2,1-2H3,(H,18,20). The van der Waals surface area contributed by atoms with Crippen molar-refractivity contribution in [1.82, 2.24) is 4.90 Å². The first-order valence-electron chi connectivity index (χ1n) is 7.03. The highest BCUT2D eigenvalue weighted by Crippen LogP contribution is 2.41. The average molecular weight is 329 g/mol. The average Bonchev–Trinajstić information content (AvgIpc) is 3.25. The Balaban J connectivity index is 1.98. The molecule has 0 aromatic heterocycles. The molecule has 114 valence electrons. The van der Waals surface area contributed by atoms with Crippen LogP contribution in [0.4, 0.5) is 5.69 Å². The van der Waals surface area contributed by atoms with E-state index in [1.165, 1.54) is 0 Å². The zero-order valence-electron chi connectivity index (χ0n) is 12.0. The first-order valence-corrected chi connectivity index (χ1v) is 7.78. The van der Waals surface area contributed by atoms with Crippen LogP contribution in [0.5, 0.6) is 0 Å². The van der Waals surface area contributed by atoms with E-state index in [1.807, 2.05) is 13.8 Å². The van der Waals surface area contributed by atoms with Gasteiger partial charge in [-0.05, 0) is 32.4 Å². The van der Waals surface area contributed by atoms with Crippen molar-refractivity contribution in [2.45, 2.75) is 20.3 Å². The Bertz CT molecular complexity index is 559. The molecule has 1 fully saturated rings. The van der Waals surface area contributed by atoms with Gasteiger partial charge >= 0.3 is 0 Å². The summed E-state index contributed by atoms with van der Waals surface area (Å²) in [5.74, 6) is -0.599. The van der Waals surface area contributed by atoms with Crippen LogP contribution in [-0.2, 0) is 9.59 Å². The molecular weight excluding hydrogens is 311 g/mol. The van der Waals surface area contributed by atoms with Gasteiger partial charge in [-0.15, -0.1) is 0 Å². The van der Waals surface area contributed by atoms with Gasteiger partial charge in [-0.2, -0.15) is 0 Å². The molecule has 0 spiro atoms. The number of nitrogens with zero attached hydrogens (tertiary/aromatic N) is 1. The molecule has 2 rings (SSSR count). The Kier molecular flexibility index (Phi) is 5.12. The third-order valence-electron chi connectivity index (χ3n) is 3.73. The van der Waals surface area contributed by atoms with Crippen LogP contribution in [0.1, 0.15) is 20.3 Å². The van der Waals surface area contributed by atoms with Gasteiger partial charge in [0.15, 0.2) is 0 Å². The summed E-state index contributed by atoms with van der Waals surface area (Å²) in [5.41, 5.74) is 0.482. The molecule has 21 heavy (non-hydrogen) atoms. The number of hydrogen-bond acceptors (Lipinski definition) is 2. The van der Waals surface area contributed by atoms with Crippen LogP contribution in [-0.4, -0.2) is 29.8 Å². The Labute approximate surface area is 134 Å². The number of amides is 2. The maximum atomic E-state index is 12.2. The summed E-state index contributed by atoms with van der Waals surface area (Å²) in [6.45, 7) is 5.20. The molecule has 0 bridgehead atoms. The molecule has 2 atom stereocenters. The largest absolute Gasteiger partial charge is 0.343 e. The maximum Gasteiger partial charge on any atom is 0.228 e. The number of anilines is 1. The predicted molar refractivity (Wildman–Crippen MR) is 84.6 cm³/mol. The summed E-state index contributed by atoms with van der Waals surface area (Å²) in [6, 6.07) is 5.06. The van der Waals surface area contributed by atoms with E-state index in [0.29, 0.717) is 35.2 Å². The van der Waals surface area contributed by atoms with Gasteiger partial charge in [-0.1, -0.05) is 29.3 Å². The molecule has 1 aromatic carbocycles. The Morgan fingerprint density at radius 3 is 2.52 bits per heavy atom. The fourth-order valence-electron chi connectivity index (χ4n) is 2.35. The summed E-state index contributed by atoms with van der Waals surface area (Å²) in [6.07, 6.45) is 0.597. The maximum absolute atomic E-state index is 12.2. The summed E-state index contributed by atoms with van der Waals surface area (Å²) in [7, 11) is 0. The van der Waals surface area contributed by atoms with E-state index in [1.54, 1.807) is 23.1 Å². The number of carbonyl (C=O) groups is 2. The van der Waals surface area contributed by atoms with E-state index in [9.17, 15) is 9.59 Å². The first-order chi connectivity index (χ1) is 9.99. The van der Waals surface area contributed by atoms with Crippen LogP contribution < -0.4 is 5.32 Å². The lowest BCUT2D eigenvalue weighted by molar-refractivity contribution is -0.133. The van der Waals surface area contributed by atoms with Crippen LogP contribution >= 0.6 is 23.2 Å². The van der Waals surface area contributed by atoms with E-state index in [0.717, 1.165) is 0 Å². The molecule has 1 aliphatic carbocycles. The lowest BCUT2D eigenvalue weighted by atomic mass is 10.2. The van der Waals surface area contributed by atoms with E-state index in [4.69, 9.17) is 23.2 Å². The van der Waals surface area contributed by atoms with Crippen molar-refractivity contribution in [2.75, 3.05) is 18.4 Å². The molecule has 0 heterocycles. The minimum atomic E-state index is -0.270. The van der Waals surface area contributed by atoms with Gasteiger partial charge in [-0.3, -0.25) is 9.59 Å². The third-order valence-corrected chi connectivity index (χ3v) is 4.55. The number of benzene rings is 1. The topological polar surface area (TPSA) is 49.4 Å². The van der Waals surface area contributed by atoms with E-state index in [2.05, 4.69) is 5.32 Å². The molecule has 0 aliphatic heterocycles. The fourth-order valence-corrected chi connectivity index (χ4v) is 2.70. The molecule has 4 nitrogen and oxygen atoms in total. The predicted octanol–water partition coefficient (Wildman–Crippen LogP) is 3.44. The molecule has 2 unspecified atom stereocenters. The lowest BCUT2D eigenvalue weighted by Crippen LogP contribution is -2.33.